The molecule has 2 aromatic carbocycles. The summed E-state index contributed by atoms with van der Waals surface area (Å²) in [5, 5.41) is 2.96. The Hall–Kier alpha value is -2.05. The van der Waals surface area contributed by atoms with Crippen molar-refractivity contribution in [3.05, 3.63) is 52.0 Å². The molecule has 146 valence electrons. The molecule has 0 saturated carbocycles. The van der Waals surface area contributed by atoms with E-state index in [0.717, 1.165) is 25.3 Å². The predicted octanol–water partition coefficient (Wildman–Crippen LogP) is 4.95. The summed E-state index contributed by atoms with van der Waals surface area (Å²) in [5.41, 5.74) is 2.44. The largest absolute Gasteiger partial charge is 0.493 e. The third-order valence-corrected chi connectivity index (χ3v) is 4.85. The van der Waals surface area contributed by atoms with Gasteiger partial charge in [0.25, 0.3) is 5.91 Å². The van der Waals surface area contributed by atoms with Crippen LogP contribution in [0.15, 0.2) is 40.9 Å². The summed E-state index contributed by atoms with van der Waals surface area (Å²) in [6, 6.07) is 11.4. The average Bonchev–Trinajstić information content (AvgIpc) is 2.67. The molecule has 0 radical (unpaired) electrons. The second-order valence-corrected chi connectivity index (χ2v) is 6.89. The van der Waals surface area contributed by atoms with Crippen molar-refractivity contribution in [2.24, 2.45) is 0 Å². The zero-order valence-electron chi connectivity index (χ0n) is 16.3. The summed E-state index contributed by atoms with van der Waals surface area (Å²) < 4.78 is 11.6. The number of anilines is 1. The van der Waals surface area contributed by atoms with E-state index in [9.17, 15) is 4.79 Å². The van der Waals surface area contributed by atoms with E-state index in [1.54, 1.807) is 19.2 Å². The highest BCUT2D eigenvalue weighted by Gasteiger charge is 2.16. The second kappa shape index (κ2) is 10.3. The van der Waals surface area contributed by atoms with Crippen molar-refractivity contribution in [3.63, 3.8) is 0 Å². The molecule has 0 saturated heterocycles. The van der Waals surface area contributed by atoms with Gasteiger partial charge in [-0.15, -0.1) is 0 Å². The highest BCUT2D eigenvalue weighted by atomic mass is 79.9. The maximum Gasteiger partial charge on any atom is 0.255 e. The number of ether oxygens (including phenoxy) is 2. The molecule has 0 aliphatic carbocycles. The van der Waals surface area contributed by atoms with Crippen LogP contribution in [-0.2, 0) is 6.54 Å². The Morgan fingerprint density at radius 3 is 2.52 bits per heavy atom. The smallest absolute Gasteiger partial charge is 0.255 e. The van der Waals surface area contributed by atoms with Crippen LogP contribution in [0.4, 0.5) is 5.69 Å². The van der Waals surface area contributed by atoms with Gasteiger partial charge in [0, 0.05) is 17.8 Å². The lowest BCUT2D eigenvalue weighted by atomic mass is 10.1. The number of hydrogen-bond acceptors (Lipinski definition) is 4. The molecule has 27 heavy (non-hydrogen) atoms. The summed E-state index contributed by atoms with van der Waals surface area (Å²) in [4.78, 5) is 15.0. The highest BCUT2D eigenvalue weighted by molar-refractivity contribution is 9.10. The number of rotatable bonds is 9. The monoisotopic (exact) mass is 434 g/mol. The van der Waals surface area contributed by atoms with Gasteiger partial charge >= 0.3 is 0 Å². The van der Waals surface area contributed by atoms with Crippen LogP contribution < -0.4 is 14.8 Å². The molecule has 0 bridgehead atoms. The van der Waals surface area contributed by atoms with Crippen molar-refractivity contribution in [3.8, 4) is 11.5 Å². The molecule has 5 nitrogen and oxygen atoms in total. The Labute approximate surface area is 169 Å². The van der Waals surface area contributed by atoms with Crippen LogP contribution in [-0.4, -0.2) is 37.6 Å². The molecule has 0 atom stereocenters. The minimum absolute atomic E-state index is 0.197. The third kappa shape index (κ3) is 5.71. The molecular formula is C21H27BrN2O3. The third-order valence-electron chi connectivity index (χ3n) is 4.27. The van der Waals surface area contributed by atoms with E-state index in [0.29, 0.717) is 28.1 Å². The van der Waals surface area contributed by atoms with E-state index < -0.39 is 0 Å². The lowest BCUT2D eigenvalue weighted by molar-refractivity contribution is 0.102. The SMILES string of the molecule is CCOc1c(Br)cc(C(=O)Nc2cccc(CN(CC)CC)c2)cc1OC. The predicted molar refractivity (Wildman–Crippen MR) is 113 cm³/mol. The molecule has 0 aliphatic heterocycles. The topological polar surface area (TPSA) is 50.8 Å². The summed E-state index contributed by atoms with van der Waals surface area (Å²) in [6.45, 7) is 9.55. The van der Waals surface area contributed by atoms with Gasteiger partial charge in [0.1, 0.15) is 0 Å². The van der Waals surface area contributed by atoms with Gasteiger partial charge in [-0.2, -0.15) is 0 Å². The van der Waals surface area contributed by atoms with Crippen molar-refractivity contribution >= 4 is 27.5 Å². The van der Waals surface area contributed by atoms with Crippen LogP contribution in [0.2, 0.25) is 0 Å². The standard InChI is InChI=1S/C21H27BrN2O3/c1-5-24(6-2)14-15-9-8-10-17(11-15)23-21(25)16-12-18(22)20(27-7-3)19(13-16)26-4/h8-13H,5-7,14H2,1-4H3,(H,23,25). The zero-order chi connectivity index (χ0) is 19.8. The fourth-order valence-electron chi connectivity index (χ4n) is 2.79. The number of carbonyl (C=O) groups is 1. The van der Waals surface area contributed by atoms with Crippen molar-refractivity contribution in [2.45, 2.75) is 27.3 Å². The van der Waals surface area contributed by atoms with Gasteiger partial charge in [-0.05, 0) is 65.8 Å². The molecule has 0 aromatic heterocycles. The zero-order valence-corrected chi connectivity index (χ0v) is 17.9. The molecule has 0 fully saturated rings. The normalized spacial score (nSPS) is 10.7. The first kappa shape index (κ1) is 21.3. The van der Waals surface area contributed by atoms with E-state index in [2.05, 4.69) is 46.1 Å². The maximum absolute atomic E-state index is 12.7. The Bertz CT molecular complexity index is 776. The fraction of sp³-hybridized carbons (Fsp3) is 0.381. The van der Waals surface area contributed by atoms with Crippen LogP contribution in [0.25, 0.3) is 0 Å². The molecule has 1 amide bonds. The number of halogens is 1. The van der Waals surface area contributed by atoms with Crippen molar-refractivity contribution in [2.75, 3.05) is 32.1 Å². The molecule has 0 heterocycles. The first-order valence-corrected chi connectivity index (χ1v) is 9.94. The molecule has 2 rings (SSSR count). The summed E-state index contributed by atoms with van der Waals surface area (Å²) in [5.74, 6) is 0.918. The first-order chi connectivity index (χ1) is 13.0. The summed E-state index contributed by atoms with van der Waals surface area (Å²) in [6.07, 6.45) is 0. The van der Waals surface area contributed by atoms with Crippen molar-refractivity contribution < 1.29 is 14.3 Å². The number of methoxy groups -OCH3 is 1. The second-order valence-electron chi connectivity index (χ2n) is 6.04. The van der Waals surface area contributed by atoms with Crippen LogP contribution in [0.1, 0.15) is 36.7 Å². The minimum Gasteiger partial charge on any atom is -0.493 e. The summed E-state index contributed by atoms with van der Waals surface area (Å²) in [7, 11) is 1.56. The molecular weight excluding hydrogens is 408 g/mol. The molecule has 1 N–H and O–H groups in total. The van der Waals surface area contributed by atoms with E-state index in [1.165, 1.54) is 5.56 Å². The Morgan fingerprint density at radius 2 is 1.89 bits per heavy atom. The number of nitrogens with one attached hydrogen (secondary N) is 1. The number of carbonyl (C=O) groups excluding carboxylic acids is 1. The molecule has 2 aromatic rings. The average molecular weight is 435 g/mol. The van der Waals surface area contributed by atoms with Gasteiger partial charge in [-0.1, -0.05) is 26.0 Å². The van der Waals surface area contributed by atoms with Crippen LogP contribution in [0.3, 0.4) is 0 Å². The van der Waals surface area contributed by atoms with E-state index >= 15 is 0 Å². The quantitative estimate of drug-likeness (QED) is 0.606. The van der Waals surface area contributed by atoms with Gasteiger partial charge in [-0.25, -0.2) is 0 Å². The minimum atomic E-state index is -0.197. The van der Waals surface area contributed by atoms with Gasteiger partial charge in [0.2, 0.25) is 0 Å². The number of hydrogen-bond donors (Lipinski definition) is 1. The Morgan fingerprint density at radius 1 is 1.15 bits per heavy atom. The number of benzene rings is 2. The summed E-state index contributed by atoms with van der Waals surface area (Å²) >= 11 is 3.46. The van der Waals surface area contributed by atoms with E-state index in [-0.39, 0.29) is 5.91 Å². The van der Waals surface area contributed by atoms with Gasteiger partial charge in [0.05, 0.1) is 18.2 Å². The van der Waals surface area contributed by atoms with Gasteiger partial charge in [-0.3, -0.25) is 9.69 Å². The van der Waals surface area contributed by atoms with Crippen molar-refractivity contribution in [1.82, 2.24) is 4.90 Å². The molecule has 0 unspecified atom stereocenters. The Balaban J connectivity index is 2.19. The fourth-order valence-corrected chi connectivity index (χ4v) is 3.35. The first-order valence-electron chi connectivity index (χ1n) is 9.15. The molecule has 0 aliphatic rings. The van der Waals surface area contributed by atoms with Crippen LogP contribution >= 0.6 is 15.9 Å². The van der Waals surface area contributed by atoms with Crippen LogP contribution in [0, 0.1) is 0 Å². The maximum atomic E-state index is 12.7. The number of amides is 1. The van der Waals surface area contributed by atoms with Gasteiger partial charge in [0.15, 0.2) is 11.5 Å². The van der Waals surface area contributed by atoms with Gasteiger partial charge < -0.3 is 14.8 Å². The lowest BCUT2D eigenvalue weighted by Gasteiger charge is -2.18. The van der Waals surface area contributed by atoms with E-state index in [1.807, 2.05) is 25.1 Å². The van der Waals surface area contributed by atoms with Crippen molar-refractivity contribution in [1.29, 1.82) is 0 Å². The number of nitrogens with zero attached hydrogens (tertiary/aromatic N) is 1. The molecule has 6 heteroatoms. The Kier molecular flexibility index (Phi) is 8.13. The highest BCUT2D eigenvalue weighted by Crippen LogP contribution is 2.36. The molecule has 0 spiro atoms. The lowest BCUT2D eigenvalue weighted by Crippen LogP contribution is -2.22. The van der Waals surface area contributed by atoms with Crippen LogP contribution in [0.5, 0.6) is 11.5 Å². The van der Waals surface area contributed by atoms with E-state index in [4.69, 9.17) is 9.47 Å².